The molecule has 7 heteroatoms. The normalized spacial score (nSPS) is 10.2. The van der Waals surface area contributed by atoms with Gasteiger partial charge in [0.15, 0.2) is 0 Å². The van der Waals surface area contributed by atoms with Crippen molar-refractivity contribution in [3.05, 3.63) is 18.1 Å². The number of nitrogens with zero attached hydrogens (tertiary/aromatic N) is 5. The van der Waals surface area contributed by atoms with Gasteiger partial charge in [0.25, 0.3) is 0 Å². The maximum absolute atomic E-state index is 10.6. The van der Waals surface area contributed by atoms with Crippen LogP contribution >= 0.6 is 0 Å². The Kier molecular flexibility index (Phi) is 1.55. The van der Waals surface area contributed by atoms with Gasteiger partial charge in [-0.3, -0.25) is 0 Å². The summed E-state index contributed by atoms with van der Waals surface area (Å²) in [5.41, 5.74) is 0.0815. The van der Waals surface area contributed by atoms with E-state index in [0.29, 0.717) is 0 Å². The van der Waals surface area contributed by atoms with Gasteiger partial charge in [-0.2, -0.15) is 0 Å². The quantitative estimate of drug-likeness (QED) is 0.627. The predicted molar refractivity (Wildman–Crippen MR) is 39.9 cm³/mol. The van der Waals surface area contributed by atoms with Crippen molar-refractivity contribution in [2.24, 2.45) is 0 Å². The molecule has 0 saturated carbocycles. The van der Waals surface area contributed by atoms with E-state index < -0.39 is 5.97 Å². The van der Waals surface area contributed by atoms with Crippen molar-refractivity contribution >= 4 is 17.1 Å². The monoisotopic (exact) mass is 177 g/mol. The second-order valence-corrected chi connectivity index (χ2v) is 2.17. The van der Waals surface area contributed by atoms with Gasteiger partial charge in [-0.25, -0.2) is 14.8 Å². The lowest BCUT2D eigenvalue weighted by Crippen LogP contribution is -2.06. The molecule has 0 fully saturated rings. The van der Waals surface area contributed by atoms with Crippen LogP contribution in [0.3, 0.4) is 0 Å². The molecule has 0 aliphatic heterocycles. The molecule has 0 radical (unpaired) electrons. The molecule has 2 rings (SSSR count). The molecule has 2 heterocycles. The van der Waals surface area contributed by atoms with Crippen molar-refractivity contribution in [1.82, 2.24) is 25.4 Å². The minimum atomic E-state index is -1.19. The summed E-state index contributed by atoms with van der Waals surface area (Å²) in [4.78, 5) is 18.2. The molecule has 0 bridgehead atoms. The second kappa shape index (κ2) is 2.70. The Morgan fingerprint density at radius 3 is 2.77 bits per heavy atom. The van der Waals surface area contributed by atoms with Gasteiger partial charge in [0.2, 0.25) is 11.3 Å². The van der Waals surface area contributed by atoms with Crippen molar-refractivity contribution in [1.29, 1.82) is 0 Å². The molecule has 7 nitrogen and oxygen atoms in total. The zero-order valence-electron chi connectivity index (χ0n) is 6.25. The van der Waals surface area contributed by atoms with E-state index in [-0.39, 0.29) is 16.9 Å². The van der Waals surface area contributed by atoms with Crippen molar-refractivity contribution in [2.45, 2.75) is 0 Å². The summed E-state index contributed by atoms with van der Waals surface area (Å²) in [5.74, 6) is -1.19. The molecule has 2 aromatic rings. The Morgan fingerprint density at radius 2 is 2.00 bits per heavy atom. The van der Waals surface area contributed by atoms with Crippen LogP contribution in [0.2, 0.25) is 0 Å². The molecular formula is C6H3N5O2. The van der Waals surface area contributed by atoms with Gasteiger partial charge in [-0.05, 0) is 5.21 Å². The van der Waals surface area contributed by atoms with Gasteiger partial charge < -0.3 is 5.11 Å². The van der Waals surface area contributed by atoms with E-state index in [1.165, 1.54) is 12.4 Å². The van der Waals surface area contributed by atoms with Gasteiger partial charge in [0.05, 0.1) is 0 Å². The second-order valence-electron chi connectivity index (χ2n) is 2.17. The summed E-state index contributed by atoms with van der Waals surface area (Å²) in [5, 5.41) is 18.8. The lowest BCUT2D eigenvalue weighted by Gasteiger charge is -1.94. The smallest absolute Gasteiger partial charge is 0.358 e. The van der Waals surface area contributed by atoms with Gasteiger partial charge >= 0.3 is 5.97 Å². The van der Waals surface area contributed by atoms with E-state index in [4.69, 9.17) is 5.11 Å². The Balaban J connectivity index is 2.83. The van der Waals surface area contributed by atoms with Crippen LogP contribution in [-0.4, -0.2) is 36.5 Å². The van der Waals surface area contributed by atoms with Crippen LogP contribution in [0, 0.1) is 0 Å². The lowest BCUT2D eigenvalue weighted by atomic mass is 10.3. The third kappa shape index (κ3) is 1.15. The fourth-order valence-corrected chi connectivity index (χ4v) is 0.872. The van der Waals surface area contributed by atoms with Gasteiger partial charge in [0.1, 0.15) is 5.52 Å². The minimum absolute atomic E-state index is 0.144. The van der Waals surface area contributed by atoms with E-state index >= 15 is 0 Å². The molecule has 0 aromatic carbocycles. The molecule has 1 N–H and O–H groups in total. The van der Waals surface area contributed by atoms with E-state index in [9.17, 15) is 4.79 Å². The summed E-state index contributed by atoms with van der Waals surface area (Å²) in [6.45, 7) is 0. The summed E-state index contributed by atoms with van der Waals surface area (Å²) in [7, 11) is 0. The zero-order valence-corrected chi connectivity index (χ0v) is 6.25. The first-order chi connectivity index (χ1) is 6.29. The van der Waals surface area contributed by atoms with E-state index in [2.05, 4.69) is 25.4 Å². The summed E-state index contributed by atoms with van der Waals surface area (Å²) in [6, 6.07) is 0. The maximum Gasteiger partial charge on any atom is 0.358 e. The molecule has 2 aromatic heterocycles. The SMILES string of the molecule is O=C(O)c1nnnc2nccnc12. The molecule has 0 aliphatic carbocycles. The molecule has 0 aliphatic rings. The van der Waals surface area contributed by atoms with Gasteiger partial charge in [-0.1, -0.05) is 0 Å². The number of carboxylic acid groups (broad SMARTS) is 1. The third-order valence-electron chi connectivity index (χ3n) is 1.39. The van der Waals surface area contributed by atoms with E-state index in [0.717, 1.165) is 0 Å². The van der Waals surface area contributed by atoms with Crippen LogP contribution in [0.4, 0.5) is 0 Å². The molecule has 0 atom stereocenters. The molecule has 0 unspecified atom stereocenters. The third-order valence-corrected chi connectivity index (χ3v) is 1.39. The first-order valence-corrected chi connectivity index (χ1v) is 3.32. The Bertz CT molecular complexity index is 466. The molecule has 0 spiro atoms. The molecule has 64 valence electrons. The van der Waals surface area contributed by atoms with Crippen LogP contribution in [0.5, 0.6) is 0 Å². The van der Waals surface area contributed by atoms with Crippen LogP contribution < -0.4 is 0 Å². The van der Waals surface area contributed by atoms with Crippen molar-refractivity contribution in [3.63, 3.8) is 0 Å². The van der Waals surface area contributed by atoms with Crippen molar-refractivity contribution in [2.75, 3.05) is 0 Å². The summed E-state index contributed by atoms with van der Waals surface area (Å²) < 4.78 is 0. The highest BCUT2D eigenvalue weighted by Crippen LogP contribution is 2.06. The highest BCUT2D eigenvalue weighted by atomic mass is 16.4. The number of carbonyl (C=O) groups is 1. The number of hydrogen-bond acceptors (Lipinski definition) is 6. The Morgan fingerprint density at radius 1 is 1.23 bits per heavy atom. The number of carboxylic acids is 1. The lowest BCUT2D eigenvalue weighted by molar-refractivity contribution is 0.0691. The average molecular weight is 177 g/mol. The molecule has 0 amide bonds. The Labute approximate surface area is 71.5 Å². The van der Waals surface area contributed by atoms with Crippen molar-refractivity contribution < 1.29 is 9.90 Å². The number of aromatic nitrogens is 5. The number of fused-ring (bicyclic) bond motifs is 1. The fraction of sp³-hybridized carbons (Fsp3) is 0. The highest BCUT2D eigenvalue weighted by molar-refractivity contribution is 5.96. The molecule has 13 heavy (non-hydrogen) atoms. The van der Waals surface area contributed by atoms with Crippen LogP contribution in [0.1, 0.15) is 10.5 Å². The average Bonchev–Trinajstić information content (AvgIpc) is 2.17. The van der Waals surface area contributed by atoms with Crippen molar-refractivity contribution in [3.8, 4) is 0 Å². The van der Waals surface area contributed by atoms with Gasteiger partial charge in [0, 0.05) is 12.4 Å². The maximum atomic E-state index is 10.6. The summed E-state index contributed by atoms with van der Waals surface area (Å²) in [6.07, 6.45) is 2.78. The fourth-order valence-electron chi connectivity index (χ4n) is 0.872. The largest absolute Gasteiger partial charge is 0.476 e. The van der Waals surface area contributed by atoms with Crippen LogP contribution in [-0.2, 0) is 0 Å². The first-order valence-electron chi connectivity index (χ1n) is 3.32. The first kappa shape index (κ1) is 7.47. The van der Waals surface area contributed by atoms with Crippen LogP contribution in [0.25, 0.3) is 11.2 Å². The molecular weight excluding hydrogens is 174 g/mol. The van der Waals surface area contributed by atoms with Crippen LogP contribution in [0.15, 0.2) is 12.4 Å². The van der Waals surface area contributed by atoms with E-state index in [1.807, 2.05) is 0 Å². The van der Waals surface area contributed by atoms with E-state index in [1.54, 1.807) is 0 Å². The number of rotatable bonds is 1. The predicted octanol–water partition coefficient (Wildman–Crippen LogP) is -0.487. The number of hydrogen-bond donors (Lipinski definition) is 1. The molecule has 0 saturated heterocycles. The zero-order chi connectivity index (χ0) is 9.26. The van der Waals surface area contributed by atoms with Gasteiger partial charge in [-0.15, -0.1) is 10.2 Å². The topological polar surface area (TPSA) is 102 Å². The minimum Gasteiger partial charge on any atom is -0.476 e. The number of aromatic carboxylic acids is 1. The highest BCUT2D eigenvalue weighted by Gasteiger charge is 2.12. The Hall–Kier alpha value is -2.18. The summed E-state index contributed by atoms with van der Waals surface area (Å²) >= 11 is 0. The standard InChI is InChI=1S/C6H3N5O2/c12-6(13)4-3-5(10-11-9-4)8-2-1-7-3/h1-2H,(H,12,13).